The third-order valence-corrected chi connectivity index (χ3v) is 6.72. The van der Waals surface area contributed by atoms with Crippen LogP contribution in [0.1, 0.15) is 44.0 Å². The number of benzene rings is 1. The van der Waals surface area contributed by atoms with Crippen LogP contribution in [-0.2, 0) is 11.2 Å². The van der Waals surface area contributed by atoms with Crippen molar-refractivity contribution in [2.45, 2.75) is 45.2 Å². The van der Waals surface area contributed by atoms with E-state index in [0.29, 0.717) is 18.6 Å². The van der Waals surface area contributed by atoms with E-state index in [0.717, 1.165) is 68.6 Å². The molecule has 3 aliphatic heterocycles. The standard InChI is InChI=1S/C24H32N6O2/c1-3-25-24(31)26-18-8-6-17(7-9-18)22-27-21-19(10-12-29-11-4-5-20(21)29)23(28-22)30-13-14-32-15-16(30)2/h6-9,16,20H,3-5,10-15H2,1-2H3,(H2,25,26,31). The van der Waals surface area contributed by atoms with Crippen LogP contribution in [-0.4, -0.2) is 66.3 Å². The van der Waals surface area contributed by atoms with E-state index in [4.69, 9.17) is 14.7 Å². The Morgan fingerprint density at radius 3 is 2.81 bits per heavy atom. The van der Waals surface area contributed by atoms with Crippen LogP contribution in [0.2, 0.25) is 0 Å². The number of carbonyl (C=O) groups is 1. The molecule has 4 heterocycles. The molecule has 2 unspecified atom stereocenters. The lowest BCUT2D eigenvalue weighted by Crippen LogP contribution is -2.45. The first-order valence-electron chi connectivity index (χ1n) is 11.8. The molecule has 170 valence electrons. The Balaban J connectivity index is 1.52. The number of morpholine rings is 1. The third kappa shape index (κ3) is 4.04. The summed E-state index contributed by atoms with van der Waals surface area (Å²) in [5, 5.41) is 5.60. The fourth-order valence-electron chi connectivity index (χ4n) is 5.11. The highest BCUT2D eigenvalue weighted by Gasteiger charge is 2.36. The fourth-order valence-corrected chi connectivity index (χ4v) is 5.11. The topological polar surface area (TPSA) is 82.6 Å². The summed E-state index contributed by atoms with van der Waals surface area (Å²) >= 11 is 0. The normalized spacial score (nSPS) is 22.9. The molecule has 32 heavy (non-hydrogen) atoms. The molecule has 2 saturated heterocycles. The van der Waals surface area contributed by atoms with Gasteiger partial charge in [0.15, 0.2) is 5.82 Å². The Kier molecular flexibility index (Phi) is 5.97. The number of nitrogens with zero attached hydrogens (tertiary/aromatic N) is 4. The van der Waals surface area contributed by atoms with Gasteiger partial charge in [-0.2, -0.15) is 0 Å². The van der Waals surface area contributed by atoms with E-state index in [2.05, 4.69) is 27.4 Å². The number of amides is 2. The van der Waals surface area contributed by atoms with Gasteiger partial charge >= 0.3 is 6.03 Å². The second-order valence-corrected chi connectivity index (χ2v) is 8.86. The summed E-state index contributed by atoms with van der Waals surface area (Å²) < 4.78 is 5.69. The molecular weight excluding hydrogens is 404 g/mol. The van der Waals surface area contributed by atoms with Gasteiger partial charge in [-0.1, -0.05) is 0 Å². The number of ether oxygens (including phenoxy) is 1. The van der Waals surface area contributed by atoms with Crippen LogP contribution in [0, 0.1) is 0 Å². The lowest BCUT2D eigenvalue weighted by atomic mass is 9.97. The quantitative estimate of drug-likeness (QED) is 0.766. The van der Waals surface area contributed by atoms with Gasteiger partial charge in [0.25, 0.3) is 0 Å². The average Bonchev–Trinajstić information content (AvgIpc) is 3.29. The maximum absolute atomic E-state index is 11.8. The number of hydrogen-bond donors (Lipinski definition) is 2. The number of aromatic nitrogens is 2. The number of rotatable bonds is 4. The second-order valence-electron chi connectivity index (χ2n) is 8.86. The lowest BCUT2D eigenvalue weighted by molar-refractivity contribution is 0.0983. The van der Waals surface area contributed by atoms with Crippen molar-refractivity contribution in [2.24, 2.45) is 0 Å². The molecule has 0 bridgehead atoms. The zero-order valence-electron chi connectivity index (χ0n) is 18.9. The summed E-state index contributed by atoms with van der Waals surface area (Å²) in [5.74, 6) is 1.84. The van der Waals surface area contributed by atoms with Gasteiger partial charge in [-0.3, -0.25) is 4.90 Å². The van der Waals surface area contributed by atoms with Crippen LogP contribution in [0.4, 0.5) is 16.3 Å². The molecule has 0 spiro atoms. The molecule has 8 nitrogen and oxygen atoms in total. The number of nitrogens with one attached hydrogen (secondary N) is 2. The largest absolute Gasteiger partial charge is 0.377 e. The lowest BCUT2D eigenvalue weighted by Gasteiger charge is -2.38. The van der Waals surface area contributed by atoms with Crippen molar-refractivity contribution in [3.05, 3.63) is 35.5 Å². The smallest absolute Gasteiger partial charge is 0.319 e. The van der Waals surface area contributed by atoms with E-state index in [-0.39, 0.29) is 6.03 Å². The zero-order valence-corrected chi connectivity index (χ0v) is 18.9. The van der Waals surface area contributed by atoms with Crippen LogP contribution in [0.5, 0.6) is 0 Å². The number of carbonyl (C=O) groups excluding carboxylic acids is 1. The molecule has 1 aromatic carbocycles. The molecule has 2 aromatic rings. The zero-order chi connectivity index (χ0) is 22.1. The van der Waals surface area contributed by atoms with Crippen molar-refractivity contribution in [2.75, 3.05) is 49.6 Å². The Bertz CT molecular complexity index is 979. The van der Waals surface area contributed by atoms with E-state index in [1.165, 1.54) is 17.7 Å². The summed E-state index contributed by atoms with van der Waals surface area (Å²) in [6.07, 6.45) is 3.39. The minimum absolute atomic E-state index is 0.199. The molecule has 0 saturated carbocycles. The molecule has 2 fully saturated rings. The maximum Gasteiger partial charge on any atom is 0.319 e. The molecule has 3 aliphatic rings. The summed E-state index contributed by atoms with van der Waals surface area (Å²) in [4.78, 5) is 27.0. The predicted molar refractivity (Wildman–Crippen MR) is 125 cm³/mol. The SMILES string of the molecule is CCNC(=O)Nc1ccc(-c2nc3c(c(N4CCOCC4C)n2)CCN2CCCC32)cc1. The minimum atomic E-state index is -0.199. The first kappa shape index (κ1) is 21.2. The fraction of sp³-hybridized carbons (Fsp3) is 0.542. The second kappa shape index (κ2) is 9.03. The molecule has 8 heteroatoms. The number of anilines is 2. The van der Waals surface area contributed by atoms with Gasteiger partial charge in [0, 0.05) is 36.4 Å². The highest BCUT2D eigenvalue weighted by Crippen LogP contribution is 2.41. The van der Waals surface area contributed by atoms with Crippen LogP contribution in [0.15, 0.2) is 24.3 Å². The molecular formula is C24H32N6O2. The van der Waals surface area contributed by atoms with E-state index in [1.807, 2.05) is 31.2 Å². The van der Waals surface area contributed by atoms with E-state index >= 15 is 0 Å². The van der Waals surface area contributed by atoms with Gasteiger partial charge < -0.3 is 20.3 Å². The molecule has 0 radical (unpaired) electrons. The summed E-state index contributed by atoms with van der Waals surface area (Å²) in [6, 6.07) is 8.29. The summed E-state index contributed by atoms with van der Waals surface area (Å²) in [7, 11) is 0. The Morgan fingerprint density at radius 1 is 1.19 bits per heavy atom. The number of hydrogen-bond acceptors (Lipinski definition) is 6. The summed E-state index contributed by atoms with van der Waals surface area (Å²) in [6.45, 7) is 9.26. The van der Waals surface area contributed by atoms with Crippen LogP contribution < -0.4 is 15.5 Å². The number of fused-ring (bicyclic) bond motifs is 3. The van der Waals surface area contributed by atoms with Crippen molar-refractivity contribution < 1.29 is 9.53 Å². The average molecular weight is 437 g/mol. The Hall–Kier alpha value is -2.71. The van der Waals surface area contributed by atoms with E-state index in [1.54, 1.807) is 0 Å². The van der Waals surface area contributed by atoms with Gasteiger partial charge in [0.2, 0.25) is 0 Å². The van der Waals surface area contributed by atoms with Crippen molar-refractivity contribution in [1.82, 2.24) is 20.2 Å². The predicted octanol–water partition coefficient (Wildman–Crippen LogP) is 3.20. The first-order chi connectivity index (χ1) is 15.6. The highest BCUT2D eigenvalue weighted by molar-refractivity contribution is 5.89. The minimum Gasteiger partial charge on any atom is -0.377 e. The van der Waals surface area contributed by atoms with Gasteiger partial charge in [-0.25, -0.2) is 14.8 Å². The molecule has 2 amide bonds. The molecule has 5 rings (SSSR count). The maximum atomic E-state index is 11.8. The van der Waals surface area contributed by atoms with Gasteiger partial charge in [0.1, 0.15) is 5.82 Å². The highest BCUT2D eigenvalue weighted by atomic mass is 16.5. The Labute approximate surface area is 189 Å². The van der Waals surface area contributed by atoms with Gasteiger partial charge in [-0.05, 0) is 63.9 Å². The van der Waals surface area contributed by atoms with Crippen molar-refractivity contribution in [1.29, 1.82) is 0 Å². The molecule has 2 N–H and O–H groups in total. The van der Waals surface area contributed by atoms with Gasteiger partial charge in [-0.15, -0.1) is 0 Å². The van der Waals surface area contributed by atoms with Gasteiger partial charge in [0.05, 0.1) is 31.0 Å². The van der Waals surface area contributed by atoms with Crippen molar-refractivity contribution in [3.63, 3.8) is 0 Å². The molecule has 0 aliphatic carbocycles. The first-order valence-corrected chi connectivity index (χ1v) is 11.8. The van der Waals surface area contributed by atoms with Crippen LogP contribution >= 0.6 is 0 Å². The van der Waals surface area contributed by atoms with Crippen molar-refractivity contribution >= 4 is 17.5 Å². The van der Waals surface area contributed by atoms with Crippen LogP contribution in [0.25, 0.3) is 11.4 Å². The van der Waals surface area contributed by atoms with Crippen molar-refractivity contribution in [3.8, 4) is 11.4 Å². The summed E-state index contributed by atoms with van der Waals surface area (Å²) in [5.41, 5.74) is 4.24. The van der Waals surface area contributed by atoms with Crippen LogP contribution in [0.3, 0.4) is 0 Å². The molecule has 1 aromatic heterocycles. The van der Waals surface area contributed by atoms with E-state index in [9.17, 15) is 4.79 Å². The third-order valence-electron chi connectivity index (χ3n) is 6.72. The molecule has 2 atom stereocenters. The monoisotopic (exact) mass is 436 g/mol. The number of urea groups is 1. The Morgan fingerprint density at radius 2 is 2.03 bits per heavy atom. The van der Waals surface area contributed by atoms with E-state index < -0.39 is 0 Å².